The van der Waals surface area contributed by atoms with Gasteiger partial charge in [-0.1, -0.05) is 12.1 Å². The molecule has 2 saturated heterocycles. The average molecular weight is 385 g/mol. The van der Waals surface area contributed by atoms with Gasteiger partial charge >= 0.3 is 6.09 Å². The molecule has 0 saturated carbocycles. The molecule has 2 aliphatic rings. The lowest BCUT2D eigenvalue weighted by molar-refractivity contribution is -0.0861. The van der Waals surface area contributed by atoms with Crippen molar-refractivity contribution < 1.29 is 19.1 Å². The number of fused-ring (bicyclic) bond motifs is 3. The highest BCUT2D eigenvalue weighted by molar-refractivity contribution is 6.01. The molecular weight excluding hydrogens is 358 g/mol. The quantitative estimate of drug-likeness (QED) is 0.743. The molecule has 0 radical (unpaired) electrons. The minimum atomic E-state index is -0.544. The van der Waals surface area contributed by atoms with E-state index >= 15 is 0 Å². The van der Waals surface area contributed by atoms with Crippen molar-refractivity contribution in [2.24, 2.45) is 13.0 Å². The topological polar surface area (TPSA) is 73.7 Å². The van der Waals surface area contributed by atoms with Crippen LogP contribution in [0.25, 0.3) is 10.9 Å². The van der Waals surface area contributed by atoms with Gasteiger partial charge in [-0.05, 0) is 39.7 Å². The van der Waals surface area contributed by atoms with E-state index in [1.165, 1.54) is 0 Å². The zero-order valence-electron chi connectivity index (χ0n) is 16.8. The molecule has 2 unspecified atom stereocenters. The second-order valence-electron chi connectivity index (χ2n) is 8.81. The molecular formula is C21H27N3O4. The Morgan fingerprint density at radius 1 is 1.18 bits per heavy atom. The number of piperidine rings is 1. The molecule has 7 heteroatoms. The lowest BCUT2D eigenvalue weighted by atomic mass is 9.81. The molecule has 2 aromatic rings. The van der Waals surface area contributed by atoms with Crippen LogP contribution in [-0.4, -0.2) is 57.5 Å². The summed E-state index contributed by atoms with van der Waals surface area (Å²) in [6.07, 6.45) is 2.67. The maximum absolute atomic E-state index is 13.2. The van der Waals surface area contributed by atoms with Crippen LogP contribution in [0.15, 0.2) is 24.4 Å². The van der Waals surface area contributed by atoms with E-state index in [9.17, 15) is 9.59 Å². The molecule has 2 atom stereocenters. The summed E-state index contributed by atoms with van der Waals surface area (Å²) in [5.41, 5.74) is 1.10. The number of morpholine rings is 1. The number of ether oxygens (including phenoxy) is 2. The summed E-state index contributed by atoms with van der Waals surface area (Å²) in [6, 6.07) is 5.47. The SMILES string of the molecule is Cn1ncc2ccc(C(=O)C3CC4COCC(C3)N4C(=O)OC(C)(C)C)cc21. The predicted molar refractivity (Wildman–Crippen MR) is 104 cm³/mol. The summed E-state index contributed by atoms with van der Waals surface area (Å²) in [7, 11) is 1.87. The molecule has 28 heavy (non-hydrogen) atoms. The van der Waals surface area contributed by atoms with E-state index in [1.807, 2.05) is 46.0 Å². The third kappa shape index (κ3) is 3.51. The number of carbonyl (C=O) groups excluding carboxylic acids is 2. The lowest BCUT2D eigenvalue weighted by Gasteiger charge is -2.47. The van der Waals surface area contributed by atoms with Gasteiger partial charge in [0.25, 0.3) is 0 Å². The first kappa shape index (κ1) is 18.9. The number of hydrogen-bond donors (Lipinski definition) is 0. The first-order valence-corrected chi connectivity index (χ1v) is 9.78. The van der Waals surface area contributed by atoms with Crippen LogP contribution in [0.4, 0.5) is 4.79 Å². The monoisotopic (exact) mass is 385 g/mol. The Kier molecular flexibility index (Phi) is 4.65. The van der Waals surface area contributed by atoms with E-state index < -0.39 is 5.60 Å². The number of nitrogens with zero attached hydrogens (tertiary/aromatic N) is 3. The first-order valence-electron chi connectivity index (χ1n) is 9.78. The van der Waals surface area contributed by atoms with Gasteiger partial charge in [0.15, 0.2) is 5.78 Å². The van der Waals surface area contributed by atoms with Gasteiger partial charge in [0, 0.05) is 23.9 Å². The summed E-state index contributed by atoms with van der Waals surface area (Å²) in [5.74, 6) is 0.00658. The third-order valence-corrected chi connectivity index (χ3v) is 5.53. The zero-order valence-corrected chi connectivity index (χ0v) is 16.8. The van der Waals surface area contributed by atoms with Gasteiger partial charge in [0.2, 0.25) is 0 Å². The Labute approximate surface area is 164 Å². The summed E-state index contributed by atoms with van der Waals surface area (Å²) >= 11 is 0. The van der Waals surface area contributed by atoms with Gasteiger partial charge in [-0.15, -0.1) is 0 Å². The maximum Gasteiger partial charge on any atom is 0.410 e. The smallest absolute Gasteiger partial charge is 0.410 e. The molecule has 0 aliphatic carbocycles. The van der Waals surface area contributed by atoms with Gasteiger partial charge in [0.05, 0.1) is 37.0 Å². The van der Waals surface area contributed by atoms with E-state index in [1.54, 1.807) is 15.8 Å². The minimum Gasteiger partial charge on any atom is -0.444 e. The summed E-state index contributed by atoms with van der Waals surface area (Å²) in [5, 5.41) is 5.26. The number of rotatable bonds is 2. The van der Waals surface area contributed by atoms with Gasteiger partial charge < -0.3 is 9.47 Å². The van der Waals surface area contributed by atoms with Crippen molar-refractivity contribution in [3.63, 3.8) is 0 Å². The molecule has 7 nitrogen and oxygen atoms in total. The molecule has 2 fully saturated rings. The van der Waals surface area contributed by atoms with E-state index in [0.29, 0.717) is 31.6 Å². The molecule has 1 amide bonds. The lowest BCUT2D eigenvalue weighted by Crippen LogP contribution is -2.60. The van der Waals surface area contributed by atoms with Gasteiger partial charge in [-0.2, -0.15) is 5.10 Å². The molecule has 0 N–H and O–H groups in total. The number of aryl methyl sites for hydroxylation is 1. The van der Waals surface area contributed by atoms with Crippen molar-refractivity contribution in [2.75, 3.05) is 13.2 Å². The number of Topliss-reactive ketones (excluding diaryl/α,β-unsaturated/α-hetero) is 1. The molecule has 1 aromatic heterocycles. The van der Waals surface area contributed by atoms with Crippen LogP contribution in [0.3, 0.4) is 0 Å². The van der Waals surface area contributed by atoms with Gasteiger partial charge in [-0.25, -0.2) is 4.79 Å². The Hall–Kier alpha value is -2.41. The number of ketones is 1. The van der Waals surface area contributed by atoms with E-state index in [0.717, 1.165) is 10.9 Å². The van der Waals surface area contributed by atoms with Crippen LogP contribution in [0.1, 0.15) is 44.0 Å². The van der Waals surface area contributed by atoms with Gasteiger partial charge in [-0.3, -0.25) is 14.4 Å². The molecule has 3 heterocycles. The van der Waals surface area contributed by atoms with E-state index in [2.05, 4.69) is 5.10 Å². The van der Waals surface area contributed by atoms with Crippen LogP contribution in [-0.2, 0) is 16.5 Å². The van der Waals surface area contributed by atoms with Crippen molar-refractivity contribution >= 4 is 22.8 Å². The Morgan fingerprint density at radius 3 is 2.50 bits per heavy atom. The maximum atomic E-state index is 13.2. The highest BCUT2D eigenvalue weighted by atomic mass is 16.6. The largest absolute Gasteiger partial charge is 0.444 e. The Bertz CT molecular complexity index is 900. The summed E-state index contributed by atoms with van der Waals surface area (Å²) in [4.78, 5) is 27.7. The summed E-state index contributed by atoms with van der Waals surface area (Å²) in [6.45, 7) is 6.48. The number of carbonyl (C=O) groups is 2. The predicted octanol–water partition coefficient (Wildman–Crippen LogP) is 3.17. The highest BCUT2D eigenvalue weighted by Gasteiger charge is 2.45. The number of amides is 1. The normalized spacial score (nSPS) is 25.0. The number of aromatic nitrogens is 2. The van der Waals surface area contributed by atoms with Crippen LogP contribution >= 0.6 is 0 Å². The molecule has 2 aliphatic heterocycles. The molecule has 4 rings (SSSR count). The standard InChI is InChI=1S/C21H27N3O4/c1-21(2,3)28-20(26)24-16-7-15(8-17(24)12-27-11-16)19(25)13-5-6-14-10-22-23(4)18(14)9-13/h5-6,9-10,15-17H,7-8,11-12H2,1-4H3. The average Bonchev–Trinajstić information content (AvgIpc) is 2.99. The van der Waals surface area contributed by atoms with Crippen molar-refractivity contribution in [2.45, 2.75) is 51.3 Å². The van der Waals surface area contributed by atoms with Crippen LogP contribution < -0.4 is 0 Å². The van der Waals surface area contributed by atoms with Crippen LogP contribution in [0.2, 0.25) is 0 Å². The fraction of sp³-hybridized carbons (Fsp3) is 0.571. The van der Waals surface area contributed by atoms with Crippen molar-refractivity contribution in [3.05, 3.63) is 30.0 Å². The number of benzene rings is 1. The van der Waals surface area contributed by atoms with Crippen molar-refractivity contribution in [1.82, 2.24) is 14.7 Å². The second-order valence-corrected chi connectivity index (χ2v) is 8.81. The Morgan fingerprint density at radius 2 is 1.86 bits per heavy atom. The molecule has 2 bridgehead atoms. The first-order chi connectivity index (χ1) is 13.2. The fourth-order valence-corrected chi connectivity index (χ4v) is 4.28. The molecule has 1 aromatic carbocycles. The van der Waals surface area contributed by atoms with Crippen molar-refractivity contribution in [3.8, 4) is 0 Å². The highest BCUT2D eigenvalue weighted by Crippen LogP contribution is 2.35. The molecule has 150 valence electrons. The van der Waals surface area contributed by atoms with Crippen LogP contribution in [0, 0.1) is 5.92 Å². The van der Waals surface area contributed by atoms with Gasteiger partial charge in [0.1, 0.15) is 5.60 Å². The number of hydrogen-bond acceptors (Lipinski definition) is 5. The van der Waals surface area contributed by atoms with E-state index in [-0.39, 0.29) is 29.9 Å². The molecule has 0 spiro atoms. The fourth-order valence-electron chi connectivity index (χ4n) is 4.28. The van der Waals surface area contributed by atoms with Crippen molar-refractivity contribution in [1.29, 1.82) is 0 Å². The van der Waals surface area contributed by atoms with Crippen LogP contribution in [0.5, 0.6) is 0 Å². The Balaban J connectivity index is 1.53. The minimum absolute atomic E-state index is 0.122. The third-order valence-electron chi connectivity index (χ3n) is 5.53. The summed E-state index contributed by atoms with van der Waals surface area (Å²) < 4.78 is 13.0. The zero-order chi connectivity index (χ0) is 20.1. The second kappa shape index (κ2) is 6.88. The van der Waals surface area contributed by atoms with E-state index in [4.69, 9.17) is 9.47 Å².